The number of amides is 1. The Morgan fingerprint density at radius 1 is 1.40 bits per heavy atom. The molecule has 1 aliphatic rings. The van der Waals surface area contributed by atoms with Gasteiger partial charge in [0.1, 0.15) is 5.69 Å². The first-order valence-corrected chi connectivity index (χ1v) is 7.73. The van der Waals surface area contributed by atoms with E-state index in [2.05, 4.69) is 0 Å². The van der Waals surface area contributed by atoms with Gasteiger partial charge in [-0.1, -0.05) is 11.6 Å². The number of likely N-dealkylation sites (tertiary alicyclic amines) is 1. The number of aromatic nitrogens is 1. The molecule has 20 heavy (non-hydrogen) atoms. The van der Waals surface area contributed by atoms with Crippen molar-refractivity contribution in [3.05, 3.63) is 23.0 Å². The van der Waals surface area contributed by atoms with E-state index in [-0.39, 0.29) is 24.0 Å². The van der Waals surface area contributed by atoms with Gasteiger partial charge in [0.05, 0.1) is 5.02 Å². The first-order valence-electron chi connectivity index (χ1n) is 7.35. The van der Waals surface area contributed by atoms with Crippen molar-refractivity contribution in [1.29, 1.82) is 0 Å². The lowest BCUT2D eigenvalue weighted by Gasteiger charge is -2.38. The summed E-state index contributed by atoms with van der Waals surface area (Å²) in [5.74, 6) is 0.0487. The number of halogens is 1. The van der Waals surface area contributed by atoms with Crippen molar-refractivity contribution < 1.29 is 4.79 Å². The zero-order valence-corrected chi connectivity index (χ0v) is 13.2. The minimum atomic E-state index is -0.00261. The summed E-state index contributed by atoms with van der Waals surface area (Å²) < 4.78 is 1.94. The van der Waals surface area contributed by atoms with E-state index in [9.17, 15) is 4.79 Å². The van der Waals surface area contributed by atoms with Crippen molar-refractivity contribution in [2.24, 2.45) is 5.73 Å². The second kappa shape index (κ2) is 6.19. The van der Waals surface area contributed by atoms with Gasteiger partial charge in [-0.05, 0) is 46.1 Å². The topological polar surface area (TPSA) is 51.3 Å². The van der Waals surface area contributed by atoms with Gasteiger partial charge in [0, 0.05) is 30.9 Å². The fourth-order valence-electron chi connectivity index (χ4n) is 2.95. The van der Waals surface area contributed by atoms with Crippen molar-refractivity contribution in [1.82, 2.24) is 9.47 Å². The molecule has 2 rings (SSSR count). The van der Waals surface area contributed by atoms with E-state index in [0.29, 0.717) is 10.7 Å². The Hall–Kier alpha value is -1.00. The van der Waals surface area contributed by atoms with E-state index in [4.69, 9.17) is 17.3 Å². The van der Waals surface area contributed by atoms with Gasteiger partial charge in [-0.25, -0.2) is 0 Å². The third kappa shape index (κ3) is 3.01. The Balaban J connectivity index is 2.30. The summed E-state index contributed by atoms with van der Waals surface area (Å²) in [7, 11) is 0. The van der Waals surface area contributed by atoms with Crippen LogP contribution in [0.2, 0.25) is 5.02 Å². The van der Waals surface area contributed by atoms with Gasteiger partial charge in [-0.2, -0.15) is 0 Å². The molecule has 1 aromatic rings. The van der Waals surface area contributed by atoms with Crippen molar-refractivity contribution >= 4 is 17.5 Å². The number of hydrogen-bond acceptors (Lipinski definition) is 2. The molecule has 0 bridgehead atoms. The number of carbonyl (C=O) groups is 1. The predicted molar refractivity (Wildman–Crippen MR) is 82.2 cm³/mol. The zero-order valence-electron chi connectivity index (χ0n) is 12.5. The molecule has 1 saturated heterocycles. The van der Waals surface area contributed by atoms with Crippen molar-refractivity contribution in [2.75, 3.05) is 6.54 Å². The predicted octanol–water partition coefficient (Wildman–Crippen LogP) is 3.06. The van der Waals surface area contributed by atoms with Gasteiger partial charge in [-0.3, -0.25) is 4.79 Å². The summed E-state index contributed by atoms with van der Waals surface area (Å²) in [5.41, 5.74) is 6.71. The fourth-order valence-corrected chi connectivity index (χ4v) is 3.16. The summed E-state index contributed by atoms with van der Waals surface area (Å²) in [4.78, 5) is 14.8. The van der Waals surface area contributed by atoms with E-state index >= 15 is 0 Å². The monoisotopic (exact) mass is 297 g/mol. The molecule has 1 aliphatic heterocycles. The maximum atomic E-state index is 12.8. The van der Waals surface area contributed by atoms with Crippen LogP contribution in [-0.4, -0.2) is 34.0 Å². The Kier molecular flexibility index (Phi) is 4.76. The minimum Gasteiger partial charge on any atom is -0.339 e. The van der Waals surface area contributed by atoms with Crippen LogP contribution in [-0.2, 0) is 0 Å². The molecule has 0 aliphatic carbocycles. The summed E-state index contributed by atoms with van der Waals surface area (Å²) in [6.07, 6.45) is 5.00. The molecule has 2 N–H and O–H groups in total. The van der Waals surface area contributed by atoms with E-state index in [0.717, 1.165) is 25.8 Å². The summed E-state index contributed by atoms with van der Waals surface area (Å²) in [6, 6.07) is 2.10. The van der Waals surface area contributed by atoms with Crippen LogP contribution >= 0.6 is 11.6 Å². The van der Waals surface area contributed by atoms with Gasteiger partial charge in [0.15, 0.2) is 0 Å². The van der Waals surface area contributed by atoms with Gasteiger partial charge in [-0.15, -0.1) is 0 Å². The third-order valence-corrected chi connectivity index (χ3v) is 4.21. The number of nitrogens with two attached hydrogens (primary N) is 1. The van der Waals surface area contributed by atoms with Crippen molar-refractivity contribution in [2.45, 2.75) is 58.2 Å². The Labute approximate surface area is 125 Å². The number of rotatable bonds is 3. The molecule has 1 amide bonds. The molecule has 1 aromatic heterocycles. The Morgan fingerprint density at radius 2 is 2.10 bits per heavy atom. The van der Waals surface area contributed by atoms with Crippen LogP contribution < -0.4 is 5.73 Å². The molecule has 0 saturated carbocycles. The summed E-state index contributed by atoms with van der Waals surface area (Å²) in [6.45, 7) is 6.86. The van der Waals surface area contributed by atoms with E-state index in [1.165, 1.54) is 0 Å². The first-order chi connectivity index (χ1) is 9.41. The molecule has 4 nitrogen and oxygen atoms in total. The van der Waals surface area contributed by atoms with Crippen LogP contribution in [0.5, 0.6) is 0 Å². The van der Waals surface area contributed by atoms with Crippen molar-refractivity contribution in [3.8, 4) is 0 Å². The lowest BCUT2D eigenvalue weighted by molar-refractivity contribution is 0.0571. The molecule has 1 fully saturated rings. The Bertz CT molecular complexity index is 481. The van der Waals surface area contributed by atoms with Crippen LogP contribution in [0.15, 0.2) is 12.3 Å². The van der Waals surface area contributed by atoms with Crippen LogP contribution in [0, 0.1) is 0 Å². The average Bonchev–Trinajstić information content (AvgIpc) is 2.80. The second-order valence-corrected chi connectivity index (χ2v) is 6.40. The largest absolute Gasteiger partial charge is 0.339 e. The second-order valence-electron chi connectivity index (χ2n) is 5.97. The van der Waals surface area contributed by atoms with E-state index < -0.39 is 0 Å². The normalized spacial score (nSPS) is 21.3. The van der Waals surface area contributed by atoms with Crippen LogP contribution in [0.25, 0.3) is 0 Å². The highest BCUT2D eigenvalue weighted by Gasteiger charge is 2.31. The molecule has 0 spiro atoms. The SMILES string of the molecule is CC(N)C1CCCCN1C(=O)c1cc(Cl)cn1C(C)C. The molecular formula is C15H24ClN3O. The van der Waals surface area contributed by atoms with E-state index in [1.54, 1.807) is 6.07 Å². The molecule has 0 radical (unpaired) electrons. The maximum absolute atomic E-state index is 12.8. The fraction of sp³-hybridized carbons (Fsp3) is 0.667. The lowest BCUT2D eigenvalue weighted by Crippen LogP contribution is -2.52. The van der Waals surface area contributed by atoms with Gasteiger partial charge in [0.25, 0.3) is 5.91 Å². The highest BCUT2D eigenvalue weighted by atomic mass is 35.5. The molecule has 2 heterocycles. The number of carbonyl (C=O) groups excluding carboxylic acids is 1. The van der Waals surface area contributed by atoms with Gasteiger partial charge < -0.3 is 15.2 Å². The molecule has 112 valence electrons. The number of hydrogen-bond donors (Lipinski definition) is 1. The quantitative estimate of drug-likeness (QED) is 0.932. The highest BCUT2D eigenvalue weighted by molar-refractivity contribution is 6.31. The van der Waals surface area contributed by atoms with Gasteiger partial charge >= 0.3 is 0 Å². The molecule has 2 unspecified atom stereocenters. The highest BCUT2D eigenvalue weighted by Crippen LogP contribution is 2.25. The zero-order chi connectivity index (χ0) is 14.9. The van der Waals surface area contributed by atoms with Crippen LogP contribution in [0.1, 0.15) is 56.6 Å². The average molecular weight is 298 g/mol. The third-order valence-electron chi connectivity index (χ3n) is 4.01. The minimum absolute atomic E-state index is 0.00261. The van der Waals surface area contributed by atoms with E-state index in [1.807, 2.05) is 36.4 Å². The molecule has 5 heteroatoms. The summed E-state index contributed by atoms with van der Waals surface area (Å²) in [5, 5.41) is 0.608. The molecule has 2 atom stereocenters. The first kappa shape index (κ1) is 15.4. The molecule has 0 aromatic carbocycles. The maximum Gasteiger partial charge on any atom is 0.270 e. The molecular weight excluding hydrogens is 274 g/mol. The number of piperidine rings is 1. The van der Waals surface area contributed by atoms with Gasteiger partial charge in [0.2, 0.25) is 0 Å². The smallest absolute Gasteiger partial charge is 0.270 e. The standard InChI is InChI=1S/C15H24ClN3O/c1-10(2)19-9-12(16)8-14(19)15(20)18-7-5-4-6-13(18)11(3)17/h8-11,13H,4-7,17H2,1-3H3. The lowest BCUT2D eigenvalue weighted by atomic mass is 9.96. The van der Waals surface area contributed by atoms with Crippen LogP contribution in [0.4, 0.5) is 0 Å². The Morgan fingerprint density at radius 3 is 2.70 bits per heavy atom. The number of nitrogens with zero attached hydrogens (tertiary/aromatic N) is 2. The summed E-state index contributed by atoms with van der Waals surface area (Å²) >= 11 is 6.08. The van der Waals surface area contributed by atoms with Crippen molar-refractivity contribution in [3.63, 3.8) is 0 Å². The van der Waals surface area contributed by atoms with Crippen LogP contribution in [0.3, 0.4) is 0 Å².